The Labute approximate surface area is 71.6 Å². The van der Waals surface area contributed by atoms with Crippen LogP contribution in [0.25, 0.3) is 0 Å². The Bertz CT molecular complexity index is 161. The number of thioether (sulfide) groups is 1. The second kappa shape index (κ2) is 5.50. The fourth-order valence-corrected chi connectivity index (χ4v) is 1.30. The third kappa shape index (κ3) is 3.03. The third-order valence-corrected chi connectivity index (χ3v) is 2.27. The number of rotatable bonds is 3. The van der Waals surface area contributed by atoms with Crippen LogP contribution >= 0.6 is 24.0 Å². The molecule has 0 aromatic rings. The van der Waals surface area contributed by atoms with E-state index in [0.29, 0.717) is 0 Å². The molecule has 0 radical (unpaired) electrons. The van der Waals surface area contributed by atoms with E-state index in [4.69, 9.17) is 12.2 Å². The first kappa shape index (κ1) is 9.72. The van der Waals surface area contributed by atoms with Gasteiger partial charge in [-0.2, -0.15) is 0 Å². The standard InChI is InChI=1S/C7H11NS2/c1-4-5-6(10-3)7(9)8-2/h4-5H,1H2,2-3H3,(H,8,9)/b6-5-. The maximum atomic E-state index is 4.99. The molecule has 0 fully saturated rings. The van der Waals surface area contributed by atoms with Crippen LogP contribution in [0.5, 0.6) is 0 Å². The van der Waals surface area contributed by atoms with Crippen molar-refractivity contribution in [2.45, 2.75) is 0 Å². The number of allylic oxidation sites excluding steroid dienone is 2. The fraction of sp³-hybridized carbons (Fsp3) is 0.286. The highest BCUT2D eigenvalue weighted by molar-refractivity contribution is 8.04. The quantitative estimate of drug-likeness (QED) is 0.398. The second-order valence-corrected chi connectivity index (χ2v) is 2.81. The first-order chi connectivity index (χ1) is 4.76. The van der Waals surface area contributed by atoms with E-state index in [1.165, 1.54) is 0 Å². The topological polar surface area (TPSA) is 12.0 Å². The molecular weight excluding hydrogens is 162 g/mol. The highest BCUT2D eigenvalue weighted by Gasteiger charge is 1.97. The number of likely N-dealkylation sites (N-methyl/N-ethyl adjacent to an activating group) is 1. The molecule has 0 heterocycles. The minimum Gasteiger partial charge on any atom is -0.378 e. The van der Waals surface area contributed by atoms with Crippen molar-refractivity contribution in [3.8, 4) is 0 Å². The van der Waals surface area contributed by atoms with Gasteiger partial charge in [0, 0.05) is 12.0 Å². The van der Waals surface area contributed by atoms with Gasteiger partial charge in [-0.15, -0.1) is 11.8 Å². The Morgan fingerprint density at radius 2 is 2.30 bits per heavy atom. The Kier molecular flexibility index (Phi) is 5.35. The predicted octanol–water partition coefficient (Wildman–Crippen LogP) is 1.97. The zero-order valence-electron chi connectivity index (χ0n) is 6.18. The number of hydrogen-bond donors (Lipinski definition) is 1. The van der Waals surface area contributed by atoms with E-state index in [2.05, 4.69) is 11.9 Å². The molecule has 0 aliphatic heterocycles. The van der Waals surface area contributed by atoms with Gasteiger partial charge < -0.3 is 5.32 Å². The summed E-state index contributed by atoms with van der Waals surface area (Å²) in [5.41, 5.74) is 0. The van der Waals surface area contributed by atoms with Gasteiger partial charge >= 0.3 is 0 Å². The van der Waals surface area contributed by atoms with Crippen molar-refractivity contribution >= 4 is 29.0 Å². The molecule has 1 N–H and O–H groups in total. The lowest BCUT2D eigenvalue weighted by atomic mass is 10.5. The monoisotopic (exact) mass is 173 g/mol. The molecule has 3 heteroatoms. The molecule has 1 nitrogen and oxygen atoms in total. The first-order valence-corrected chi connectivity index (χ1v) is 4.48. The molecule has 0 amide bonds. The summed E-state index contributed by atoms with van der Waals surface area (Å²) in [7, 11) is 1.81. The van der Waals surface area contributed by atoms with Crippen LogP contribution in [0.1, 0.15) is 0 Å². The molecule has 0 aliphatic rings. The zero-order valence-corrected chi connectivity index (χ0v) is 7.81. The summed E-state index contributed by atoms with van der Waals surface area (Å²) in [4.78, 5) is 1.82. The number of hydrogen-bond acceptors (Lipinski definition) is 2. The summed E-state index contributed by atoms with van der Waals surface area (Å²) in [5, 5.41) is 2.90. The minimum atomic E-state index is 0.771. The fourth-order valence-electron chi connectivity index (χ4n) is 0.467. The van der Waals surface area contributed by atoms with Gasteiger partial charge in [0.05, 0.1) is 0 Å². The summed E-state index contributed by atoms with van der Waals surface area (Å²) >= 11 is 6.61. The minimum absolute atomic E-state index is 0.771. The SMILES string of the molecule is C=C/C=C(\SC)C(=S)NC. The molecule has 0 bridgehead atoms. The van der Waals surface area contributed by atoms with Crippen molar-refractivity contribution in [2.75, 3.05) is 13.3 Å². The van der Waals surface area contributed by atoms with E-state index in [-0.39, 0.29) is 0 Å². The van der Waals surface area contributed by atoms with Crippen LogP contribution in [-0.4, -0.2) is 18.3 Å². The highest BCUT2D eigenvalue weighted by atomic mass is 32.2. The van der Waals surface area contributed by atoms with E-state index in [1.54, 1.807) is 17.8 Å². The maximum absolute atomic E-state index is 4.99. The van der Waals surface area contributed by atoms with E-state index in [1.807, 2.05) is 19.4 Å². The lowest BCUT2D eigenvalue weighted by molar-refractivity contribution is 1.21. The van der Waals surface area contributed by atoms with Crippen LogP contribution < -0.4 is 5.32 Å². The van der Waals surface area contributed by atoms with Gasteiger partial charge in [0.1, 0.15) is 4.99 Å². The molecule has 10 heavy (non-hydrogen) atoms. The lowest BCUT2D eigenvalue weighted by Gasteiger charge is -2.02. The smallest absolute Gasteiger partial charge is 0.112 e. The molecule has 0 aromatic heterocycles. The molecule has 0 saturated carbocycles. The molecule has 56 valence electrons. The Morgan fingerprint density at radius 3 is 2.60 bits per heavy atom. The highest BCUT2D eigenvalue weighted by Crippen LogP contribution is 2.11. The summed E-state index contributed by atoms with van der Waals surface area (Å²) in [6, 6.07) is 0. The molecule has 0 saturated heterocycles. The average molecular weight is 173 g/mol. The van der Waals surface area contributed by atoms with Gasteiger partial charge in [-0.3, -0.25) is 0 Å². The van der Waals surface area contributed by atoms with Gasteiger partial charge in [0.2, 0.25) is 0 Å². The van der Waals surface area contributed by atoms with Crippen molar-refractivity contribution in [2.24, 2.45) is 0 Å². The van der Waals surface area contributed by atoms with Crippen LogP contribution in [0.3, 0.4) is 0 Å². The van der Waals surface area contributed by atoms with E-state index >= 15 is 0 Å². The van der Waals surface area contributed by atoms with Gasteiger partial charge in [-0.25, -0.2) is 0 Å². The summed E-state index contributed by atoms with van der Waals surface area (Å²) < 4.78 is 0. The van der Waals surface area contributed by atoms with Gasteiger partial charge in [-0.05, 0) is 12.3 Å². The van der Waals surface area contributed by atoms with Crippen LogP contribution in [0.15, 0.2) is 23.6 Å². The molecule has 0 aliphatic carbocycles. The Hall–Kier alpha value is -0.280. The largest absolute Gasteiger partial charge is 0.378 e. The van der Waals surface area contributed by atoms with Crippen molar-refractivity contribution in [1.82, 2.24) is 5.32 Å². The molecule has 0 unspecified atom stereocenters. The van der Waals surface area contributed by atoms with Crippen LogP contribution in [0, 0.1) is 0 Å². The van der Waals surface area contributed by atoms with Crippen LogP contribution in [0.2, 0.25) is 0 Å². The normalized spacial score (nSPS) is 10.8. The van der Waals surface area contributed by atoms with Gasteiger partial charge in [0.15, 0.2) is 0 Å². The predicted molar refractivity (Wildman–Crippen MR) is 53.5 cm³/mol. The van der Waals surface area contributed by atoms with Crippen LogP contribution in [0.4, 0.5) is 0 Å². The average Bonchev–Trinajstić information content (AvgIpc) is 1.99. The summed E-state index contributed by atoms with van der Waals surface area (Å²) in [6.45, 7) is 3.59. The maximum Gasteiger partial charge on any atom is 0.112 e. The second-order valence-electron chi connectivity index (χ2n) is 1.55. The third-order valence-electron chi connectivity index (χ3n) is 0.940. The van der Waals surface area contributed by atoms with Crippen molar-refractivity contribution in [3.05, 3.63) is 23.6 Å². The molecule has 0 rings (SSSR count). The van der Waals surface area contributed by atoms with Crippen molar-refractivity contribution < 1.29 is 0 Å². The molecular formula is C7H11NS2. The molecule has 0 atom stereocenters. The molecule has 0 spiro atoms. The Morgan fingerprint density at radius 1 is 1.70 bits per heavy atom. The van der Waals surface area contributed by atoms with Gasteiger partial charge in [-0.1, -0.05) is 24.9 Å². The lowest BCUT2D eigenvalue weighted by Crippen LogP contribution is -2.15. The number of thiocarbonyl (C=S) groups is 1. The molecule has 0 aromatic carbocycles. The van der Waals surface area contributed by atoms with E-state index in [0.717, 1.165) is 9.89 Å². The summed E-state index contributed by atoms with van der Waals surface area (Å²) in [5.74, 6) is 0. The Balaban J connectivity index is 4.19. The summed E-state index contributed by atoms with van der Waals surface area (Å²) in [6.07, 6.45) is 5.61. The van der Waals surface area contributed by atoms with E-state index in [9.17, 15) is 0 Å². The number of nitrogens with one attached hydrogen (secondary N) is 1. The van der Waals surface area contributed by atoms with Crippen molar-refractivity contribution in [3.63, 3.8) is 0 Å². The zero-order chi connectivity index (χ0) is 7.98. The first-order valence-electron chi connectivity index (χ1n) is 2.85. The van der Waals surface area contributed by atoms with Crippen molar-refractivity contribution in [1.29, 1.82) is 0 Å². The van der Waals surface area contributed by atoms with Gasteiger partial charge in [0.25, 0.3) is 0 Å². The van der Waals surface area contributed by atoms with Crippen LogP contribution in [-0.2, 0) is 0 Å². The van der Waals surface area contributed by atoms with E-state index < -0.39 is 0 Å².